The summed E-state index contributed by atoms with van der Waals surface area (Å²) in [5.74, 6) is -9.54. The maximum Gasteiger partial charge on any atom is 0.422 e. The Balaban J connectivity index is 2.13. The fourth-order valence-corrected chi connectivity index (χ4v) is 2.32. The molecule has 0 saturated heterocycles. The van der Waals surface area contributed by atoms with E-state index in [0.717, 1.165) is 5.56 Å². The molecule has 26 heavy (non-hydrogen) atoms. The third-order valence-electron chi connectivity index (χ3n) is 3.33. The van der Waals surface area contributed by atoms with E-state index in [9.17, 15) is 30.7 Å². The van der Waals surface area contributed by atoms with Gasteiger partial charge in [0.05, 0.1) is 0 Å². The van der Waals surface area contributed by atoms with Gasteiger partial charge in [0.1, 0.15) is 11.3 Å². The van der Waals surface area contributed by atoms with Gasteiger partial charge in [-0.15, -0.1) is 0 Å². The number of rotatable bonds is 4. The summed E-state index contributed by atoms with van der Waals surface area (Å²) >= 11 is 4.74. The minimum Gasteiger partial charge on any atom is -0.362 e. The Kier molecular flexibility index (Phi) is 6.06. The van der Waals surface area contributed by atoms with Gasteiger partial charge in [-0.1, -0.05) is 30.3 Å². The molecule has 140 valence electrons. The summed E-state index contributed by atoms with van der Waals surface area (Å²) in [4.78, 5) is 0. The third kappa shape index (κ3) is 4.43. The zero-order valence-corrected chi connectivity index (χ0v) is 13.7. The van der Waals surface area contributed by atoms with Gasteiger partial charge in [-0.25, -0.2) is 17.6 Å². The Morgan fingerprint density at radius 2 is 1.42 bits per heavy atom. The first-order valence-corrected chi connectivity index (χ1v) is 7.55. The molecule has 2 rings (SSSR count). The van der Waals surface area contributed by atoms with Crippen molar-refractivity contribution in [2.24, 2.45) is 0 Å². The SMILES string of the molecule is Fc1c(F)c(C(F)(F)F)c(F)c(F)c1NC(=S)NCCc1ccccc1. The van der Waals surface area contributed by atoms with Crippen molar-refractivity contribution in [3.8, 4) is 0 Å². The van der Waals surface area contributed by atoms with E-state index in [2.05, 4.69) is 5.32 Å². The maximum atomic E-state index is 13.7. The standard InChI is InChI=1S/C16H11F7N2S/c17-10-9(16(21,22)23)11(18)13(20)14(12(10)19)25-15(26)24-7-6-8-4-2-1-3-5-8/h1-5H,6-7H2,(H2,24,25,26). The molecule has 2 nitrogen and oxygen atoms in total. The second-order valence-electron chi connectivity index (χ2n) is 5.12. The van der Waals surface area contributed by atoms with Crippen molar-refractivity contribution in [1.29, 1.82) is 0 Å². The predicted molar refractivity (Wildman–Crippen MR) is 85.6 cm³/mol. The number of alkyl halides is 3. The highest BCUT2D eigenvalue weighted by atomic mass is 32.1. The van der Waals surface area contributed by atoms with Crippen molar-refractivity contribution in [2.45, 2.75) is 12.6 Å². The summed E-state index contributed by atoms with van der Waals surface area (Å²) < 4.78 is 92.1. The van der Waals surface area contributed by atoms with Crippen LogP contribution in [0.15, 0.2) is 30.3 Å². The van der Waals surface area contributed by atoms with E-state index >= 15 is 0 Å². The van der Waals surface area contributed by atoms with Crippen molar-refractivity contribution < 1.29 is 30.7 Å². The molecule has 0 bridgehead atoms. The lowest BCUT2D eigenvalue weighted by molar-refractivity contribution is -0.143. The van der Waals surface area contributed by atoms with Gasteiger partial charge in [-0.2, -0.15) is 13.2 Å². The molecule has 0 fully saturated rings. The summed E-state index contributed by atoms with van der Waals surface area (Å²) in [5.41, 5.74) is -3.15. The van der Waals surface area contributed by atoms with Crippen LogP contribution in [0.2, 0.25) is 0 Å². The van der Waals surface area contributed by atoms with Gasteiger partial charge in [-0.3, -0.25) is 0 Å². The van der Waals surface area contributed by atoms with Crippen LogP contribution in [0.4, 0.5) is 36.4 Å². The molecule has 0 aliphatic heterocycles. The minimum atomic E-state index is -5.59. The van der Waals surface area contributed by atoms with Crippen molar-refractivity contribution >= 4 is 23.0 Å². The fraction of sp³-hybridized carbons (Fsp3) is 0.188. The van der Waals surface area contributed by atoms with E-state index in [1.54, 1.807) is 12.1 Å². The largest absolute Gasteiger partial charge is 0.422 e. The van der Waals surface area contributed by atoms with Gasteiger partial charge >= 0.3 is 6.18 Å². The summed E-state index contributed by atoms with van der Waals surface area (Å²) in [6.07, 6.45) is -5.12. The van der Waals surface area contributed by atoms with Gasteiger partial charge in [0.2, 0.25) is 0 Å². The van der Waals surface area contributed by atoms with Crippen LogP contribution in [-0.2, 0) is 12.6 Å². The van der Waals surface area contributed by atoms with Crippen molar-refractivity contribution in [2.75, 3.05) is 11.9 Å². The van der Waals surface area contributed by atoms with Gasteiger partial charge < -0.3 is 10.6 Å². The molecule has 10 heteroatoms. The molecule has 2 N–H and O–H groups in total. The average Bonchev–Trinajstić information content (AvgIpc) is 2.57. The Morgan fingerprint density at radius 1 is 0.885 bits per heavy atom. The smallest absolute Gasteiger partial charge is 0.362 e. The number of benzene rings is 2. The molecule has 2 aromatic rings. The molecule has 0 aromatic heterocycles. The molecule has 0 atom stereocenters. The van der Waals surface area contributed by atoms with Crippen LogP contribution in [0.25, 0.3) is 0 Å². The van der Waals surface area contributed by atoms with Crippen LogP contribution in [0.3, 0.4) is 0 Å². The molecular formula is C16H11F7N2S. The van der Waals surface area contributed by atoms with E-state index < -0.39 is 45.8 Å². The van der Waals surface area contributed by atoms with E-state index in [1.807, 2.05) is 23.5 Å². The van der Waals surface area contributed by atoms with Crippen LogP contribution in [0.1, 0.15) is 11.1 Å². The minimum absolute atomic E-state index is 0.213. The normalized spacial score (nSPS) is 11.3. The molecule has 0 aliphatic carbocycles. The summed E-state index contributed by atoms with van der Waals surface area (Å²) in [6, 6.07) is 9.04. The van der Waals surface area contributed by atoms with Crippen LogP contribution in [-0.4, -0.2) is 11.7 Å². The van der Waals surface area contributed by atoms with Gasteiger partial charge in [0, 0.05) is 6.54 Å². The maximum absolute atomic E-state index is 13.7. The Bertz CT molecular complexity index is 777. The molecule has 2 aromatic carbocycles. The van der Waals surface area contributed by atoms with Gasteiger partial charge in [0.25, 0.3) is 0 Å². The second kappa shape index (κ2) is 7.90. The summed E-state index contributed by atoms with van der Waals surface area (Å²) in [7, 11) is 0. The summed E-state index contributed by atoms with van der Waals surface area (Å²) in [6.45, 7) is 0.213. The number of nitrogens with one attached hydrogen (secondary N) is 2. The Hall–Kier alpha value is -2.36. The number of hydrogen-bond donors (Lipinski definition) is 2. The molecule has 0 spiro atoms. The van der Waals surface area contributed by atoms with Crippen LogP contribution < -0.4 is 10.6 Å². The Labute approximate surface area is 149 Å². The van der Waals surface area contributed by atoms with Crippen LogP contribution >= 0.6 is 12.2 Å². The molecule has 0 amide bonds. The zero-order chi connectivity index (χ0) is 19.5. The van der Waals surface area contributed by atoms with Crippen molar-refractivity contribution in [3.05, 3.63) is 64.7 Å². The Morgan fingerprint density at radius 3 is 1.92 bits per heavy atom. The number of thiocarbonyl (C=S) groups is 1. The topological polar surface area (TPSA) is 24.1 Å². The quantitative estimate of drug-likeness (QED) is 0.442. The predicted octanol–water partition coefficient (Wildman–Crippen LogP) is 4.79. The highest BCUT2D eigenvalue weighted by Crippen LogP contribution is 2.38. The lowest BCUT2D eigenvalue weighted by atomic mass is 10.1. The molecule has 0 aliphatic rings. The molecule has 0 radical (unpaired) electrons. The first kappa shape index (κ1) is 20.0. The lowest BCUT2D eigenvalue weighted by Crippen LogP contribution is -2.31. The van der Waals surface area contributed by atoms with E-state index in [-0.39, 0.29) is 6.54 Å². The van der Waals surface area contributed by atoms with Gasteiger partial charge in [0.15, 0.2) is 28.4 Å². The van der Waals surface area contributed by atoms with Crippen LogP contribution in [0.5, 0.6) is 0 Å². The molecule has 0 unspecified atom stereocenters. The first-order valence-electron chi connectivity index (χ1n) is 7.14. The highest BCUT2D eigenvalue weighted by Gasteiger charge is 2.42. The molecular weight excluding hydrogens is 385 g/mol. The molecule has 0 heterocycles. The van der Waals surface area contributed by atoms with Crippen LogP contribution in [0, 0.1) is 23.3 Å². The third-order valence-corrected chi connectivity index (χ3v) is 3.57. The van der Waals surface area contributed by atoms with Crippen molar-refractivity contribution in [3.63, 3.8) is 0 Å². The first-order chi connectivity index (χ1) is 12.1. The zero-order valence-electron chi connectivity index (χ0n) is 12.9. The highest BCUT2D eigenvalue weighted by molar-refractivity contribution is 7.80. The van der Waals surface area contributed by atoms with E-state index in [0.29, 0.717) is 6.42 Å². The van der Waals surface area contributed by atoms with Crippen molar-refractivity contribution in [1.82, 2.24) is 5.32 Å². The number of anilines is 1. The summed E-state index contributed by atoms with van der Waals surface area (Å²) in [5, 5.41) is 3.98. The van der Waals surface area contributed by atoms with E-state index in [4.69, 9.17) is 12.2 Å². The van der Waals surface area contributed by atoms with Gasteiger partial charge in [-0.05, 0) is 24.2 Å². The monoisotopic (exact) mass is 396 g/mol. The van der Waals surface area contributed by atoms with E-state index in [1.165, 1.54) is 0 Å². The number of halogens is 7. The lowest BCUT2D eigenvalue weighted by Gasteiger charge is -2.16. The fourth-order valence-electron chi connectivity index (χ4n) is 2.11. The second-order valence-corrected chi connectivity index (χ2v) is 5.53. The molecule has 0 saturated carbocycles. The number of hydrogen-bond acceptors (Lipinski definition) is 1. The average molecular weight is 396 g/mol.